The standard InChI is InChI=1S/C26H28N2O3/c1-3-22(20-14-12-19(13-15-20)8-7-11-25(29)30)23(27)16-17-24-18(2)31-26(28-24)21-9-5-4-6-10-21/h4-7,9-15,22,27H,3,8,16-17H2,1-2H3,(H,29,30)/b11-7+,27-23?/t22-/m0/s1. The summed E-state index contributed by atoms with van der Waals surface area (Å²) in [6.45, 7) is 4.02. The number of carboxylic acid groups (broad SMARTS) is 1. The second kappa shape index (κ2) is 10.5. The van der Waals surface area contributed by atoms with E-state index in [4.69, 9.17) is 14.9 Å². The summed E-state index contributed by atoms with van der Waals surface area (Å²) in [6.07, 6.45) is 5.53. The molecule has 1 heterocycles. The van der Waals surface area contributed by atoms with Gasteiger partial charge in [0.25, 0.3) is 0 Å². The Balaban J connectivity index is 1.63. The van der Waals surface area contributed by atoms with Crippen molar-refractivity contribution in [2.45, 2.75) is 45.4 Å². The van der Waals surface area contributed by atoms with E-state index in [0.717, 1.165) is 40.6 Å². The van der Waals surface area contributed by atoms with Gasteiger partial charge in [0.05, 0.1) is 5.69 Å². The molecule has 3 aromatic rings. The maximum Gasteiger partial charge on any atom is 0.327 e. The van der Waals surface area contributed by atoms with Gasteiger partial charge in [-0.2, -0.15) is 0 Å². The van der Waals surface area contributed by atoms with Crippen molar-refractivity contribution in [2.75, 3.05) is 0 Å². The maximum atomic E-state index is 10.6. The van der Waals surface area contributed by atoms with Gasteiger partial charge >= 0.3 is 5.97 Å². The fourth-order valence-corrected chi connectivity index (χ4v) is 3.66. The maximum absolute atomic E-state index is 10.6. The minimum Gasteiger partial charge on any atom is -0.478 e. The number of rotatable bonds is 10. The number of benzene rings is 2. The Morgan fingerprint density at radius 1 is 1.16 bits per heavy atom. The summed E-state index contributed by atoms with van der Waals surface area (Å²) in [4.78, 5) is 15.2. The van der Waals surface area contributed by atoms with Crippen molar-refractivity contribution in [3.05, 3.63) is 89.3 Å². The first-order chi connectivity index (χ1) is 15.0. The molecule has 5 nitrogen and oxygen atoms in total. The van der Waals surface area contributed by atoms with Crippen LogP contribution in [0.3, 0.4) is 0 Å². The van der Waals surface area contributed by atoms with Crippen molar-refractivity contribution in [2.24, 2.45) is 0 Å². The molecule has 1 atom stereocenters. The van der Waals surface area contributed by atoms with Crippen LogP contribution in [0.5, 0.6) is 0 Å². The summed E-state index contributed by atoms with van der Waals surface area (Å²) < 4.78 is 5.84. The molecule has 0 saturated heterocycles. The van der Waals surface area contributed by atoms with Crippen LogP contribution in [0.25, 0.3) is 11.5 Å². The highest BCUT2D eigenvalue weighted by atomic mass is 16.4. The summed E-state index contributed by atoms with van der Waals surface area (Å²) >= 11 is 0. The summed E-state index contributed by atoms with van der Waals surface area (Å²) in [5.41, 5.74) is 4.70. The van der Waals surface area contributed by atoms with Gasteiger partial charge < -0.3 is 14.9 Å². The first-order valence-electron chi connectivity index (χ1n) is 10.5. The third-order valence-electron chi connectivity index (χ3n) is 5.37. The molecule has 5 heteroatoms. The third-order valence-corrected chi connectivity index (χ3v) is 5.37. The molecule has 0 bridgehead atoms. The Labute approximate surface area is 183 Å². The minimum atomic E-state index is -0.936. The van der Waals surface area contributed by atoms with Gasteiger partial charge in [-0.25, -0.2) is 9.78 Å². The number of aliphatic carboxylic acids is 1. The lowest BCUT2D eigenvalue weighted by Crippen LogP contribution is -2.12. The quantitative estimate of drug-likeness (QED) is 0.314. The van der Waals surface area contributed by atoms with E-state index in [1.165, 1.54) is 0 Å². The lowest BCUT2D eigenvalue weighted by atomic mass is 9.88. The van der Waals surface area contributed by atoms with Crippen LogP contribution >= 0.6 is 0 Å². The molecule has 1 aromatic heterocycles. The number of hydrogen-bond donors (Lipinski definition) is 2. The van der Waals surface area contributed by atoms with E-state index < -0.39 is 5.97 Å². The Bertz CT molecular complexity index is 1050. The number of aryl methyl sites for hydroxylation is 2. The number of allylic oxidation sites excluding steroid dienone is 1. The zero-order valence-corrected chi connectivity index (χ0v) is 18.0. The molecule has 0 fully saturated rings. The molecular formula is C26H28N2O3. The Morgan fingerprint density at radius 2 is 1.87 bits per heavy atom. The molecule has 31 heavy (non-hydrogen) atoms. The van der Waals surface area contributed by atoms with Gasteiger partial charge in [-0.15, -0.1) is 0 Å². The van der Waals surface area contributed by atoms with E-state index in [0.29, 0.717) is 30.9 Å². The summed E-state index contributed by atoms with van der Waals surface area (Å²) in [7, 11) is 0. The van der Waals surface area contributed by atoms with Gasteiger partial charge in [0.2, 0.25) is 5.89 Å². The second-order valence-corrected chi connectivity index (χ2v) is 7.56. The Kier molecular flexibility index (Phi) is 7.55. The fourth-order valence-electron chi connectivity index (χ4n) is 3.66. The van der Waals surface area contributed by atoms with Gasteiger partial charge in [-0.3, -0.25) is 0 Å². The summed E-state index contributed by atoms with van der Waals surface area (Å²) in [5.74, 6) is 0.552. The first-order valence-corrected chi connectivity index (χ1v) is 10.5. The first kappa shape index (κ1) is 22.2. The highest BCUT2D eigenvalue weighted by molar-refractivity contribution is 5.88. The van der Waals surface area contributed by atoms with E-state index in [1.54, 1.807) is 6.08 Å². The van der Waals surface area contributed by atoms with Crippen LogP contribution in [0.15, 0.2) is 71.2 Å². The average Bonchev–Trinajstić information content (AvgIpc) is 3.15. The van der Waals surface area contributed by atoms with E-state index in [2.05, 4.69) is 11.9 Å². The monoisotopic (exact) mass is 416 g/mol. The smallest absolute Gasteiger partial charge is 0.327 e. The van der Waals surface area contributed by atoms with Crippen molar-refractivity contribution < 1.29 is 14.3 Å². The topological polar surface area (TPSA) is 87.2 Å². The van der Waals surface area contributed by atoms with Crippen LogP contribution in [0.4, 0.5) is 0 Å². The Morgan fingerprint density at radius 3 is 2.52 bits per heavy atom. The number of hydrogen-bond acceptors (Lipinski definition) is 4. The lowest BCUT2D eigenvalue weighted by Gasteiger charge is -2.17. The van der Waals surface area contributed by atoms with Crippen LogP contribution in [-0.2, 0) is 17.6 Å². The van der Waals surface area contributed by atoms with Crippen LogP contribution in [0.2, 0.25) is 0 Å². The normalized spacial score (nSPS) is 12.2. The molecule has 0 aliphatic carbocycles. The molecule has 0 aliphatic heterocycles. The van der Waals surface area contributed by atoms with Crippen molar-refractivity contribution in [1.29, 1.82) is 5.41 Å². The van der Waals surface area contributed by atoms with Crippen LogP contribution < -0.4 is 0 Å². The molecule has 0 radical (unpaired) electrons. The number of carboxylic acids is 1. The number of nitrogens with zero attached hydrogens (tertiary/aromatic N) is 1. The highest BCUT2D eigenvalue weighted by Gasteiger charge is 2.17. The van der Waals surface area contributed by atoms with Crippen LogP contribution in [-0.4, -0.2) is 21.8 Å². The molecule has 0 aliphatic rings. The second-order valence-electron chi connectivity index (χ2n) is 7.56. The van der Waals surface area contributed by atoms with Gasteiger partial charge in [-0.05, 0) is 55.9 Å². The van der Waals surface area contributed by atoms with Gasteiger partial charge in [0.1, 0.15) is 5.76 Å². The summed E-state index contributed by atoms with van der Waals surface area (Å²) in [5, 5.41) is 17.3. The number of aromatic nitrogens is 1. The highest BCUT2D eigenvalue weighted by Crippen LogP contribution is 2.26. The lowest BCUT2D eigenvalue weighted by molar-refractivity contribution is -0.131. The van der Waals surface area contributed by atoms with Gasteiger partial charge in [0.15, 0.2) is 0 Å². The van der Waals surface area contributed by atoms with E-state index in [1.807, 2.05) is 61.5 Å². The van der Waals surface area contributed by atoms with Crippen molar-refractivity contribution in [1.82, 2.24) is 4.98 Å². The zero-order valence-electron chi connectivity index (χ0n) is 18.0. The van der Waals surface area contributed by atoms with E-state index in [9.17, 15) is 4.79 Å². The molecule has 2 N–H and O–H groups in total. The number of carbonyl (C=O) groups is 1. The van der Waals surface area contributed by atoms with Crippen molar-refractivity contribution in [3.63, 3.8) is 0 Å². The molecule has 3 rings (SSSR count). The number of nitrogens with one attached hydrogen (secondary N) is 1. The Hall–Kier alpha value is -3.47. The van der Waals surface area contributed by atoms with Crippen LogP contribution in [0, 0.1) is 12.3 Å². The van der Waals surface area contributed by atoms with Gasteiger partial charge in [0, 0.05) is 23.3 Å². The molecular weight excluding hydrogens is 388 g/mol. The third kappa shape index (κ3) is 6.01. The van der Waals surface area contributed by atoms with E-state index >= 15 is 0 Å². The minimum absolute atomic E-state index is 0.0596. The number of oxazole rings is 1. The molecule has 0 amide bonds. The van der Waals surface area contributed by atoms with Crippen LogP contribution in [0.1, 0.15) is 48.3 Å². The predicted molar refractivity (Wildman–Crippen MR) is 123 cm³/mol. The van der Waals surface area contributed by atoms with Gasteiger partial charge in [-0.1, -0.05) is 55.5 Å². The van der Waals surface area contributed by atoms with E-state index in [-0.39, 0.29) is 5.92 Å². The molecule has 0 unspecified atom stereocenters. The molecule has 2 aromatic carbocycles. The predicted octanol–water partition coefficient (Wildman–Crippen LogP) is 5.98. The fraction of sp³-hybridized carbons (Fsp3) is 0.269. The van der Waals surface area contributed by atoms with Crippen molar-refractivity contribution in [3.8, 4) is 11.5 Å². The van der Waals surface area contributed by atoms with Crippen molar-refractivity contribution >= 4 is 11.7 Å². The molecule has 0 saturated carbocycles. The average molecular weight is 417 g/mol. The largest absolute Gasteiger partial charge is 0.478 e. The molecule has 160 valence electrons. The zero-order chi connectivity index (χ0) is 22.2. The summed E-state index contributed by atoms with van der Waals surface area (Å²) in [6, 6.07) is 17.9. The molecule has 0 spiro atoms. The SMILES string of the molecule is CC[C@H](C(=N)CCc1nc(-c2ccccc2)oc1C)c1ccc(C/C=C/C(=O)O)cc1.